The van der Waals surface area contributed by atoms with Gasteiger partial charge in [0, 0.05) is 63.7 Å². The molecule has 1 aliphatic carbocycles. The number of allylic oxidation sites excluding steroid dienone is 1. The third-order valence-electron chi connectivity index (χ3n) is 6.09. The van der Waals surface area contributed by atoms with Crippen LogP contribution in [0.25, 0.3) is 0 Å². The molecule has 3 fully saturated rings. The highest BCUT2D eigenvalue weighted by Crippen LogP contribution is 2.33. The lowest BCUT2D eigenvalue weighted by Crippen LogP contribution is -2.42. The van der Waals surface area contributed by atoms with Crippen LogP contribution in [0.3, 0.4) is 0 Å². The number of nitrogens with one attached hydrogen (secondary N) is 1. The number of hydrogen-bond acceptors (Lipinski definition) is 12. The molecule has 0 unspecified atom stereocenters. The number of aliphatic hydroxyl groups is 1. The molecule has 41 heavy (non-hydrogen) atoms. The zero-order valence-corrected chi connectivity index (χ0v) is 21.7. The van der Waals surface area contributed by atoms with E-state index < -0.39 is 48.4 Å². The lowest BCUT2D eigenvalue weighted by atomic mass is 9.96. The Morgan fingerprint density at radius 1 is 0.902 bits per heavy atom. The van der Waals surface area contributed by atoms with E-state index in [1.54, 1.807) is 6.20 Å². The topological polar surface area (TPSA) is 267 Å². The van der Waals surface area contributed by atoms with Crippen LogP contribution in [-0.4, -0.2) is 137 Å². The van der Waals surface area contributed by atoms with Gasteiger partial charge >= 0.3 is 23.9 Å². The van der Waals surface area contributed by atoms with Crippen LogP contribution in [0.5, 0.6) is 0 Å². The predicted octanol–water partition coefficient (Wildman–Crippen LogP) is -2.70. The van der Waals surface area contributed by atoms with Crippen molar-refractivity contribution in [1.29, 1.82) is 0 Å². The summed E-state index contributed by atoms with van der Waals surface area (Å²) in [5.74, 6) is -5.97. The first kappa shape index (κ1) is 30.8. The maximum Gasteiger partial charge on any atom is 0.336 e. The van der Waals surface area contributed by atoms with Gasteiger partial charge in [0.15, 0.2) is 5.60 Å². The Balaban J connectivity index is 0.000000175. The number of aromatic amines is 1. The maximum atomic E-state index is 12.4. The number of rotatable bonds is 11. The Morgan fingerprint density at radius 3 is 1.80 bits per heavy atom. The summed E-state index contributed by atoms with van der Waals surface area (Å²) >= 11 is 0. The number of carbonyl (C=O) groups excluding carboxylic acids is 2. The summed E-state index contributed by atoms with van der Waals surface area (Å²) in [6.07, 6.45) is 2.57. The van der Waals surface area contributed by atoms with Gasteiger partial charge in [0.1, 0.15) is 17.4 Å². The van der Waals surface area contributed by atoms with Gasteiger partial charge in [0.2, 0.25) is 11.6 Å². The van der Waals surface area contributed by atoms with E-state index >= 15 is 0 Å². The summed E-state index contributed by atoms with van der Waals surface area (Å²) in [6.45, 7) is 5.41. The normalized spacial score (nSPS) is 17.9. The molecule has 0 saturated carbocycles. The number of hydrogen-bond donors (Lipinski definition) is 7. The van der Waals surface area contributed by atoms with Gasteiger partial charge in [-0.05, 0) is 0 Å². The number of ketones is 2. The van der Waals surface area contributed by atoms with Crippen molar-refractivity contribution < 1.29 is 54.3 Å². The van der Waals surface area contributed by atoms with Gasteiger partial charge in [0.05, 0.1) is 24.9 Å². The minimum atomic E-state index is -2.74. The van der Waals surface area contributed by atoms with Crippen molar-refractivity contribution in [3.63, 3.8) is 0 Å². The number of Topliss-reactive ketones (excluding diaryl/α,β-unsaturated/α-hetero) is 1. The first-order valence-electron chi connectivity index (χ1n) is 12.4. The zero-order chi connectivity index (χ0) is 30.5. The summed E-state index contributed by atoms with van der Waals surface area (Å²) in [7, 11) is 0. The smallest absolute Gasteiger partial charge is 0.336 e. The molecule has 0 amide bonds. The molecule has 0 spiro atoms. The molecule has 17 heteroatoms. The van der Waals surface area contributed by atoms with Crippen molar-refractivity contribution in [2.24, 2.45) is 5.73 Å². The number of carboxylic acids is 4. The summed E-state index contributed by atoms with van der Waals surface area (Å²) in [5, 5.41) is 42.2. The molecule has 0 radical (unpaired) electrons. The standard InChI is InChI=1S/C12H13N3O2.C6H9N3O2.C6H8O7/c16-9-7-8(13-1-2-13)12(17)11(15-5-6-15)10(9)14-3-4-14;7-5(6(10)11)1-4-2-8-3-9-4;7-3(8)1-6(13,5(11)12)2-4(9)10/h7H,1-6H2;2-3,5H,1,7H2,(H,8,9)(H,10,11);13H,1-2H2,(H,7,8)(H,9,10)(H,11,12)/t;5-;/m.0./s1. The molecule has 8 N–H and O–H groups in total. The molecule has 17 nitrogen and oxygen atoms in total. The third-order valence-corrected chi connectivity index (χ3v) is 6.09. The van der Waals surface area contributed by atoms with Gasteiger partial charge in [-0.2, -0.15) is 0 Å². The fraction of sp³-hybridized carbons (Fsp3) is 0.458. The van der Waals surface area contributed by atoms with Gasteiger partial charge in [-0.25, -0.2) is 9.78 Å². The number of nitrogens with zero attached hydrogens (tertiary/aromatic N) is 4. The Hall–Kier alpha value is -4.77. The number of carbonyl (C=O) groups is 6. The van der Waals surface area contributed by atoms with Gasteiger partial charge in [-0.1, -0.05) is 0 Å². The summed E-state index contributed by atoms with van der Waals surface area (Å²) < 4.78 is 0. The van der Waals surface area contributed by atoms with Crippen molar-refractivity contribution in [2.45, 2.75) is 30.9 Å². The van der Waals surface area contributed by atoms with E-state index in [1.807, 2.05) is 14.7 Å². The van der Waals surface area contributed by atoms with Gasteiger partial charge in [-0.15, -0.1) is 0 Å². The molecule has 4 heterocycles. The number of carboxylic acid groups (broad SMARTS) is 4. The van der Waals surface area contributed by atoms with Crippen LogP contribution < -0.4 is 5.73 Å². The molecule has 1 aromatic rings. The summed E-state index contributed by atoms with van der Waals surface area (Å²) in [6, 6.07) is -0.851. The molecule has 1 aromatic heterocycles. The largest absolute Gasteiger partial charge is 0.481 e. The van der Waals surface area contributed by atoms with Crippen LogP contribution in [0.4, 0.5) is 0 Å². The molecule has 1 atom stereocenters. The number of aliphatic carboxylic acids is 4. The number of imidazole rings is 1. The monoisotopic (exact) mass is 578 g/mol. The van der Waals surface area contributed by atoms with E-state index in [-0.39, 0.29) is 18.0 Å². The van der Waals surface area contributed by atoms with Crippen molar-refractivity contribution in [3.8, 4) is 0 Å². The molecule has 5 rings (SSSR count). The highest BCUT2D eigenvalue weighted by molar-refractivity contribution is 6.22. The molecular weight excluding hydrogens is 548 g/mol. The van der Waals surface area contributed by atoms with Crippen LogP contribution in [0.15, 0.2) is 35.7 Å². The molecule has 4 aliphatic rings. The average Bonchev–Trinajstić information content (AvgIpc) is 3.73. The minimum absolute atomic E-state index is 0.00546. The first-order chi connectivity index (χ1) is 19.2. The fourth-order valence-corrected chi connectivity index (χ4v) is 3.71. The second-order valence-corrected chi connectivity index (χ2v) is 9.58. The van der Waals surface area contributed by atoms with Crippen molar-refractivity contribution in [3.05, 3.63) is 41.4 Å². The van der Waals surface area contributed by atoms with E-state index in [2.05, 4.69) is 9.97 Å². The lowest BCUT2D eigenvalue weighted by Gasteiger charge is -2.21. The SMILES string of the molecule is N[C@@H](Cc1cnc[nH]1)C(=O)O.O=C(O)CC(O)(CC(=O)O)C(=O)O.O=C1C=C(N2CC2)C(=O)C(N2CC2)=C1N1CC1. The fourth-order valence-electron chi connectivity index (χ4n) is 3.71. The van der Waals surface area contributed by atoms with Gasteiger partial charge in [-0.3, -0.25) is 24.0 Å². The molecule has 3 aliphatic heterocycles. The minimum Gasteiger partial charge on any atom is -0.481 e. The predicted molar refractivity (Wildman–Crippen MR) is 135 cm³/mol. The summed E-state index contributed by atoms with van der Waals surface area (Å²) in [4.78, 5) is 77.7. The Morgan fingerprint density at radius 2 is 1.41 bits per heavy atom. The molecule has 0 bridgehead atoms. The van der Waals surface area contributed by atoms with Crippen LogP contribution in [0.1, 0.15) is 18.5 Å². The molecule has 0 aromatic carbocycles. The number of nitrogens with two attached hydrogens (primary N) is 1. The number of H-pyrrole nitrogens is 1. The maximum absolute atomic E-state index is 12.4. The van der Waals surface area contributed by atoms with Crippen LogP contribution in [0, 0.1) is 0 Å². The van der Waals surface area contributed by atoms with E-state index in [1.165, 1.54) is 12.4 Å². The highest BCUT2D eigenvalue weighted by Gasteiger charge is 2.43. The highest BCUT2D eigenvalue weighted by atomic mass is 16.4. The van der Waals surface area contributed by atoms with Crippen LogP contribution in [-0.2, 0) is 35.2 Å². The Labute approximate surface area is 232 Å². The van der Waals surface area contributed by atoms with Gasteiger partial charge < -0.3 is 51.0 Å². The second kappa shape index (κ2) is 12.6. The summed E-state index contributed by atoms with van der Waals surface area (Å²) in [5.41, 5.74) is 5.14. The average molecular weight is 579 g/mol. The lowest BCUT2D eigenvalue weighted by molar-refractivity contribution is -0.170. The second-order valence-electron chi connectivity index (χ2n) is 9.58. The zero-order valence-electron chi connectivity index (χ0n) is 21.7. The van der Waals surface area contributed by atoms with Gasteiger partial charge in [0.25, 0.3) is 0 Å². The quantitative estimate of drug-likeness (QED) is 0.104. The van der Waals surface area contributed by atoms with E-state index in [0.29, 0.717) is 17.1 Å². The van der Waals surface area contributed by atoms with Crippen molar-refractivity contribution in [1.82, 2.24) is 24.7 Å². The van der Waals surface area contributed by atoms with Crippen LogP contribution >= 0.6 is 0 Å². The molecular formula is C24H30N6O11. The number of aromatic nitrogens is 2. The third kappa shape index (κ3) is 8.61. The van der Waals surface area contributed by atoms with E-state index in [0.717, 1.165) is 45.0 Å². The van der Waals surface area contributed by atoms with Crippen molar-refractivity contribution >= 4 is 35.4 Å². The van der Waals surface area contributed by atoms with E-state index in [9.17, 15) is 28.8 Å². The first-order valence-corrected chi connectivity index (χ1v) is 12.4. The Bertz CT molecular complexity index is 1260. The Kier molecular flexibility index (Phi) is 9.46. The van der Waals surface area contributed by atoms with E-state index in [4.69, 9.17) is 31.3 Å². The van der Waals surface area contributed by atoms with Crippen molar-refractivity contribution in [2.75, 3.05) is 39.3 Å². The van der Waals surface area contributed by atoms with Crippen LogP contribution in [0.2, 0.25) is 0 Å². The molecule has 222 valence electrons. The molecule has 3 saturated heterocycles.